The molecule has 24 heavy (non-hydrogen) atoms. The van der Waals surface area contributed by atoms with Crippen molar-refractivity contribution in [3.8, 4) is 5.88 Å². The van der Waals surface area contributed by atoms with Gasteiger partial charge in [-0.25, -0.2) is 4.98 Å². The first-order chi connectivity index (χ1) is 11.2. The van der Waals surface area contributed by atoms with E-state index >= 15 is 0 Å². The maximum atomic E-state index is 6.29. The lowest BCUT2D eigenvalue weighted by molar-refractivity contribution is 0.00578. The fraction of sp³-hybridized carbons (Fsp3) is 0.500. The number of nitrogens with zero attached hydrogens (tertiary/aromatic N) is 1. The van der Waals surface area contributed by atoms with Crippen LogP contribution in [0.1, 0.15) is 27.7 Å². The van der Waals surface area contributed by atoms with Crippen LogP contribution in [0.3, 0.4) is 0 Å². The number of ether oxygens (including phenoxy) is 1. The summed E-state index contributed by atoms with van der Waals surface area (Å²) in [7, 11) is 0.577. The Kier molecular flexibility index (Phi) is 4.26. The van der Waals surface area contributed by atoms with Crippen LogP contribution in [0.4, 0.5) is 0 Å². The molecule has 6 heteroatoms. The van der Waals surface area contributed by atoms with E-state index in [4.69, 9.17) is 14.0 Å². The summed E-state index contributed by atoms with van der Waals surface area (Å²) in [6.07, 6.45) is 1.95. The predicted octanol–water partition coefficient (Wildman–Crippen LogP) is 2.50. The molecule has 0 spiro atoms. The standard InChI is InChI=1S/C18H25BNO3Si/c1-17(2)18(3,4)23-19(22-17)13-10-8-9-12-15(13)14(24(6)7)11-20-16(12)21-5/h8-11H,1-7H3. The molecule has 0 bridgehead atoms. The van der Waals surface area contributed by atoms with Crippen molar-refractivity contribution in [3.05, 3.63) is 24.4 Å². The zero-order valence-electron chi connectivity index (χ0n) is 15.6. The van der Waals surface area contributed by atoms with E-state index in [1.54, 1.807) is 7.11 Å². The molecule has 2 heterocycles. The highest BCUT2D eigenvalue weighted by atomic mass is 28.3. The smallest absolute Gasteiger partial charge is 0.481 e. The third kappa shape index (κ3) is 2.66. The molecule has 0 saturated carbocycles. The van der Waals surface area contributed by atoms with Gasteiger partial charge in [0.2, 0.25) is 5.88 Å². The van der Waals surface area contributed by atoms with Crippen molar-refractivity contribution < 1.29 is 14.0 Å². The molecule has 0 N–H and O–H groups in total. The molecule has 127 valence electrons. The van der Waals surface area contributed by atoms with E-state index in [1.165, 1.54) is 10.6 Å². The van der Waals surface area contributed by atoms with Crippen molar-refractivity contribution in [2.24, 2.45) is 0 Å². The fourth-order valence-corrected chi connectivity index (χ4v) is 4.12. The van der Waals surface area contributed by atoms with Crippen molar-refractivity contribution >= 4 is 37.3 Å². The van der Waals surface area contributed by atoms with E-state index in [1.807, 2.05) is 12.3 Å². The Morgan fingerprint density at radius 1 is 1.08 bits per heavy atom. The van der Waals surface area contributed by atoms with E-state index in [-0.39, 0.29) is 18.3 Å². The molecule has 1 aliphatic heterocycles. The molecule has 0 aliphatic carbocycles. The average molecular weight is 342 g/mol. The third-order valence-corrected chi connectivity index (χ3v) is 6.60. The normalized spacial score (nSPS) is 19.2. The van der Waals surface area contributed by atoms with Gasteiger partial charge in [-0.3, -0.25) is 0 Å². The Morgan fingerprint density at radius 3 is 2.25 bits per heavy atom. The minimum Gasteiger partial charge on any atom is -0.481 e. The van der Waals surface area contributed by atoms with Gasteiger partial charge >= 0.3 is 7.12 Å². The number of hydrogen-bond donors (Lipinski definition) is 0. The molecule has 4 nitrogen and oxygen atoms in total. The van der Waals surface area contributed by atoms with E-state index in [9.17, 15) is 0 Å². The van der Waals surface area contributed by atoms with Gasteiger partial charge in [-0.2, -0.15) is 0 Å². The molecule has 1 aliphatic rings. The molecule has 0 atom stereocenters. The zero-order valence-corrected chi connectivity index (χ0v) is 16.6. The van der Waals surface area contributed by atoms with E-state index < -0.39 is 8.80 Å². The second kappa shape index (κ2) is 5.86. The number of pyridine rings is 1. The molecule has 1 aromatic heterocycles. The van der Waals surface area contributed by atoms with Crippen molar-refractivity contribution in [2.45, 2.75) is 52.0 Å². The van der Waals surface area contributed by atoms with E-state index in [0.29, 0.717) is 5.88 Å². The lowest BCUT2D eigenvalue weighted by Gasteiger charge is -2.32. The number of rotatable bonds is 3. The first-order valence-corrected chi connectivity index (χ1v) is 10.8. The summed E-state index contributed by atoms with van der Waals surface area (Å²) in [5, 5.41) is 3.47. The molecule has 1 radical (unpaired) electrons. The van der Waals surface area contributed by atoms with Crippen LogP contribution in [0.2, 0.25) is 13.1 Å². The molecule has 0 unspecified atom stereocenters. The van der Waals surface area contributed by atoms with Crippen LogP contribution in [0, 0.1) is 0 Å². The molecule has 1 fully saturated rings. The number of aromatic nitrogens is 1. The highest BCUT2D eigenvalue weighted by molar-refractivity contribution is 6.76. The van der Waals surface area contributed by atoms with Crippen molar-refractivity contribution in [3.63, 3.8) is 0 Å². The van der Waals surface area contributed by atoms with Crippen molar-refractivity contribution in [1.29, 1.82) is 0 Å². The van der Waals surface area contributed by atoms with Gasteiger partial charge in [-0.15, -0.1) is 0 Å². The van der Waals surface area contributed by atoms with Gasteiger partial charge in [0.15, 0.2) is 0 Å². The Bertz CT molecular complexity index is 760. The number of benzene rings is 1. The minimum atomic E-state index is -0.699. The zero-order chi connectivity index (χ0) is 17.7. The Hall–Kier alpha value is -1.37. The summed E-state index contributed by atoms with van der Waals surface area (Å²) in [5.74, 6) is 0.648. The maximum Gasteiger partial charge on any atom is 0.495 e. The van der Waals surface area contributed by atoms with Gasteiger partial charge in [-0.05, 0) is 49.8 Å². The van der Waals surface area contributed by atoms with Gasteiger partial charge in [0.25, 0.3) is 0 Å². The number of methoxy groups -OCH3 is 1. The summed E-state index contributed by atoms with van der Waals surface area (Å²) in [5.41, 5.74) is 0.347. The van der Waals surface area contributed by atoms with Gasteiger partial charge in [0.05, 0.1) is 27.1 Å². The van der Waals surface area contributed by atoms with Crippen LogP contribution in [-0.4, -0.2) is 39.2 Å². The third-order valence-electron chi connectivity index (χ3n) is 5.15. The molecule has 3 rings (SSSR count). The average Bonchev–Trinajstić information content (AvgIpc) is 2.73. The topological polar surface area (TPSA) is 40.6 Å². The van der Waals surface area contributed by atoms with Gasteiger partial charge < -0.3 is 14.0 Å². The van der Waals surface area contributed by atoms with E-state index in [2.05, 4.69) is 57.9 Å². The molecule has 1 saturated heterocycles. The molecule has 1 aromatic carbocycles. The minimum absolute atomic E-state index is 0.358. The number of fused-ring (bicyclic) bond motifs is 1. The SMILES string of the molecule is COc1ncc([Si](C)C)c2c(B3OC(C)(C)C(C)(C)O3)cccc12. The van der Waals surface area contributed by atoms with Crippen LogP contribution in [-0.2, 0) is 9.31 Å². The summed E-state index contributed by atoms with van der Waals surface area (Å²) in [6.45, 7) is 12.9. The maximum absolute atomic E-state index is 6.29. The van der Waals surface area contributed by atoms with Gasteiger partial charge in [-0.1, -0.05) is 25.2 Å². The van der Waals surface area contributed by atoms with Crippen LogP contribution in [0.5, 0.6) is 5.88 Å². The molecular weight excluding hydrogens is 317 g/mol. The lowest BCUT2D eigenvalue weighted by atomic mass is 9.76. The second-order valence-electron chi connectivity index (χ2n) is 7.54. The quantitative estimate of drug-likeness (QED) is 0.804. The van der Waals surface area contributed by atoms with Crippen LogP contribution < -0.4 is 15.4 Å². The largest absolute Gasteiger partial charge is 0.495 e. The Labute approximate surface area is 146 Å². The first-order valence-electron chi connectivity index (χ1n) is 8.30. The summed E-state index contributed by atoms with van der Waals surface area (Å²) in [4.78, 5) is 4.49. The lowest BCUT2D eigenvalue weighted by Crippen LogP contribution is -2.41. The van der Waals surface area contributed by atoms with Crippen LogP contribution >= 0.6 is 0 Å². The second-order valence-corrected chi connectivity index (χ2v) is 10.1. The summed E-state index contributed by atoms with van der Waals surface area (Å²) < 4.78 is 18.1. The van der Waals surface area contributed by atoms with Gasteiger partial charge in [0.1, 0.15) is 0 Å². The molecule has 0 amide bonds. The molecular formula is C18H25BNO3Si. The van der Waals surface area contributed by atoms with Crippen LogP contribution in [0.25, 0.3) is 10.8 Å². The van der Waals surface area contributed by atoms with Crippen LogP contribution in [0.15, 0.2) is 24.4 Å². The van der Waals surface area contributed by atoms with Crippen molar-refractivity contribution in [1.82, 2.24) is 4.98 Å². The Balaban J connectivity index is 2.23. The highest BCUT2D eigenvalue weighted by Crippen LogP contribution is 2.37. The molecule has 2 aromatic rings. The highest BCUT2D eigenvalue weighted by Gasteiger charge is 2.52. The monoisotopic (exact) mass is 342 g/mol. The predicted molar refractivity (Wildman–Crippen MR) is 101 cm³/mol. The number of hydrogen-bond acceptors (Lipinski definition) is 4. The summed E-state index contributed by atoms with van der Waals surface area (Å²) >= 11 is 0. The Morgan fingerprint density at radius 2 is 1.71 bits per heavy atom. The van der Waals surface area contributed by atoms with Gasteiger partial charge in [0, 0.05) is 11.6 Å². The summed E-state index contributed by atoms with van der Waals surface area (Å²) in [6, 6.07) is 6.18. The van der Waals surface area contributed by atoms with E-state index in [0.717, 1.165) is 10.8 Å². The first kappa shape index (κ1) is 17.5. The fourth-order valence-electron chi connectivity index (χ4n) is 3.01. The van der Waals surface area contributed by atoms with Crippen molar-refractivity contribution in [2.75, 3.05) is 7.11 Å².